The average molecular weight is 467 g/mol. The monoisotopic (exact) mass is 467 g/mol. The Hall–Kier alpha value is -4.14. The SMILES string of the molecule is COC(=O)/C=C/c1cc2c3c(n(C)c2cc1/C=C/C(=O)OC)CC(C(=O)OC)C(C(=O)OC)=C3. The molecule has 1 atom stereocenters. The highest BCUT2D eigenvalue weighted by Crippen LogP contribution is 2.38. The summed E-state index contributed by atoms with van der Waals surface area (Å²) in [6, 6.07) is 3.69. The first-order chi connectivity index (χ1) is 16.2. The number of benzene rings is 1. The fraction of sp³-hybridized carbons (Fsp3) is 0.280. The highest BCUT2D eigenvalue weighted by atomic mass is 16.5. The molecule has 178 valence electrons. The number of esters is 4. The van der Waals surface area contributed by atoms with E-state index in [0.29, 0.717) is 11.1 Å². The summed E-state index contributed by atoms with van der Waals surface area (Å²) in [6.07, 6.45) is 7.60. The van der Waals surface area contributed by atoms with Crippen LogP contribution in [0.3, 0.4) is 0 Å². The second-order valence-corrected chi connectivity index (χ2v) is 7.50. The van der Waals surface area contributed by atoms with E-state index in [2.05, 4.69) is 9.47 Å². The van der Waals surface area contributed by atoms with Crippen LogP contribution in [0.1, 0.15) is 22.4 Å². The molecule has 1 aliphatic carbocycles. The van der Waals surface area contributed by atoms with Gasteiger partial charge in [0.25, 0.3) is 0 Å². The zero-order valence-electron chi connectivity index (χ0n) is 19.5. The summed E-state index contributed by atoms with van der Waals surface area (Å²) in [5.74, 6) is -3.00. The van der Waals surface area contributed by atoms with Gasteiger partial charge in [-0.25, -0.2) is 14.4 Å². The van der Waals surface area contributed by atoms with Crippen LogP contribution in [0.4, 0.5) is 0 Å². The van der Waals surface area contributed by atoms with Gasteiger partial charge < -0.3 is 23.5 Å². The van der Waals surface area contributed by atoms with Crippen LogP contribution in [0.15, 0.2) is 29.9 Å². The largest absolute Gasteiger partial charge is 0.469 e. The molecule has 0 aliphatic heterocycles. The van der Waals surface area contributed by atoms with E-state index in [4.69, 9.17) is 9.47 Å². The van der Waals surface area contributed by atoms with Crippen LogP contribution < -0.4 is 0 Å². The zero-order valence-corrected chi connectivity index (χ0v) is 19.5. The van der Waals surface area contributed by atoms with Gasteiger partial charge in [0.15, 0.2) is 0 Å². The predicted molar refractivity (Wildman–Crippen MR) is 124 cm³/mol. The molecule has 34 heavy (non-hydrogen) atoms. The van der Waals surface area contributed by atoms with Crippen LogP contribution >= 0.6 is 0 Å². The Morgan fingerprint density at radius 1 is 0.882 bits per heavy atom. The van der Waals surface area contributed by atoms with Gasteiger partial charge in [0.2, 0.25) is 0 Å². The molecule has 0 bridgehead atoms. The van der Waals surface area contributed by atoms with E-state index in [1.54, 1.807) is 18.2 Å². The van der Waals surface area contributed by atoms with Crippen molar-refractivity contribution in [3.8, 4) is 0 Å². The van der Waals surface area contributed by atoms with Gasteiger partial charge in [0.1, 0.15) is 0 Å². The highest BCUT2D eigenvalue weighted by Gasteiger charge is 2.35. The molecule has 2 aromatic rings. The van der Waals surface area contributed by atoms with Crippen molar-refractivity contribution in [2.75, 3.05) is 28.4 Å². The van der Waals surface area contributed by atoms with Crippen LogP contribution in [0.2, 0.25) is 0 Å². The summed E-state index contributed by atoms with van der Waals surface area (Å²) in [5, 5.41) is 0.793. The molecule has 0 saturated carbocycles. The lowest BCUT2D eigenvalue weighted by atomic mass is 9.85. The summed E-state index contributed by atoms with van der Waals surface area (Å²) < 4.78 is 21.1. The number of aryl methyl sites for hydroxylation is 1. The van der Waals surface area contributed by atoms with Gasteiger partial charge in [-0.05, 0) is 41.5 Å². The van der Waals surface area contributed by atoms with E-state index >= 15 is 0 Å². The number of hydrogen-bond acceptors (Lipinski definition) is 8. The normalized spacial score (nSPS) is 15.2. The summed E-state index contributed by atoms with van der Waals surface area (Å²) in [6.45, 7) is 0. The number of nitrogens with zero attached hydrogens (tertiary/aromatic N) is 1. The first-order valence-electron chi connectivity index (χ1n) is 10.3. The number of aromatic nitrogens is 1. The van der Waals surface area contributed by atoms with Crippen LogP contribution in [-0.4, -0.2) is 56.9 Å². The van der Waals surface area contributed by atoms with Crippen molar-refractivity contribution in [2.24, 2.45) is 13.0 Å². The molecule has 1 unspecified atom stereocenters. The van der Waals surface area contributed by atoms with Crippen molar-refractivity contribution in [3.63, 3.8) is 0 Å². The molecule has 1 heterocycles. The van der Waals surface area contributed by atoms with E-state index in [9.17, 15) is 19.2 Å². The standard InChI is InChI=1S/C25H25NO8/c1-26-20-11-15(7-9-23(28)32-3)14(6-8-22(27)31-2)10-16(20)17-12-18(24(29)33-4)19(13-21(17)26)25(30)34-5/h6-12,19H,13H2,1-5H3/b8-6+,9-7+. The third-order valence-corrected chi connectivity index (χ3v) is 5.75. The lowest BCUT2D eigenvalue weighted by Gasteiger charge is -2.22. The van der Waals surface area contributed by atoms with E-state index < -0.39 is 29.8 Å². The Morgan fingerprint density at radius 3 is 2.00 bits per heavy atom. The number of carbonyl (C=O) groups is 4. The molecule has 0 radical (unpaired) electrons. The van der Waals surface area contributed by atoms with Crippen molar-refractivity contribution < 1.29 is 38.1 Å². The van der Waals surface area contributed by atoms with Gasteiger partial charge in [-0.3, -0.25) is 4.79 Å². The summed E-state index contributed by atoms with van der Waals surface area (Å²) in [4.78, 5) is 48.2. The van der Waals surface area contributed by atoms with Gasteiger partial charge in [-0.1, -0.05) is 0 Å². The Labute approximate surface area is 196 Å². The molecule has 0 amide bonds. The summed E-state index contributed by atoms with van der Waals surface area (Å²) in [5.41, 5.74) is 3.88. The number of carbonyl (C=O) groups excluding carboxylic acids is 4. The molecule has 1 aromatic heterocycles. The maximum Gasteiger partial charge on any atom is 0.334 e. The minimum Gasteiger partial charge on any atom is -0.469 e. The third-order valence-electron chi connectivity index (χ3n) is 5.75. The van der Waals surface area contributed by atoms with Gasteiger partial charge >= 0.3 is 23.9 Å². The minimum atomic E-state index is -0.801. The van der Waals surface area contributed by atoms with Crippen molar-refractivity contribution in [2.45, 2.75) is 6.42 Å². The quantitative estimate of drug-likeness (QED) is 0.362. The molecule has 9 nitrogen and oxygen atoms in total. The molecule has 0 saturated heterocycles. The molecule has 0 spiro atoms. The molecule has 1 aromatic carbocycles. The third kappa shape index (κ3) is 4.63. The number of methoxy groups -OCH3 is 4. The predicted octanol–water partition coefficient (Wildman–Crippen LogP) is 2.45. The van der Waals surface area contributed by atoms with Crippen LogP contribution in [0.5, 0.6) is 0 Å². The molecule has 1 aliphatic rings. The molecule has 0 N–H and O–H groups in total. The molecular weight excluding hydrogens is 442 g/mol. The maximum atomic E-state index is 12.4. The second-order valence-electron chi connectivity index (χ2n) is 7.50. The smallest absolute Gasteiger partial charge is 0.334 e. The topological polar surface area (TPSA) is 110 Å². The van der Waals surface area contributed by atoms with E-state index in [0.717, 1.165) is 22.2 Å². The highest BCUT2D eigenvalue weighted by molar-refractivity contribution is 6.05. The number of ether oxygens (including phenoxy) is 4. The zero-order chi connectivity index (χ0) is 25.0. The minimum absolute atomic E-state index is 0.204. The van der Waals surface area contributed by atoms with Gasteiger partial charge in [0, 0.05) is 47.8 Å². The first-order valence-corrected chi connectivity index (χ1v) is 10.3. The Bertz CT molecular complexity index is 1260. The summed E-state index contributed by atoms with van der Waals surface area (Å²) >= 11 is 0. The van der Waals surface area contributed by atoms with Crippen LogP contribution in [0.25, 0.3) is 29.1 Å². The van der Waals surface area contributed by atoms with E-state index in [-0.39, 0.29) is 12.0 Å². The molecule has 0 fully saturated rings. The molecular formula is C25H25NO8. The number of fused-ring (bicyclic) bond motifs is 3. The van der Waals surface area contributed by atoms with Crippen molar-refractivity contribution in [3.05, 3.63) is 52.2 Å². The Balaban J connectivity index is 2.27. The summed E-state index contributed by atoms with van der Waals surface area (Å²) in [7, 11) is 6.94. The maximum absolute atomic E-state index is 12.4. The van der Waals surface area contributed by atoms with Crippen molar-refractivity contribution >= 4 is 53.0 Å². The van der Waals surface area contributed by atoms with E-state index in [1.807, 2.05) is 23.7 Å². The van der Waals surface area contributed by atoms with Crippen molar-refractivity contribution in [1.29, 1.82) is 0 Å². The lowest BCUT2D eigenvalue weighted by Crippen LogP contribution is -2.28. The van der Waals surface area contributed by atoms with Crippen LogP contribution in [-0.2, 0) is 51.6 Å². The number of hydrogen-bond donors (Lipinski definition) is 0. The van der Waals surface area contributed by atoms with Crippen LogP contribution in [0, 0.1) is 5.92 Å². The average Bonchev–Trinajstić information content (AvgIpc) is 3.13. The number of rotatable bonds is 6. The van der Waals surface area contributed by atoms with Crippen molar-refractivity contribution in [1.82, 2.24) is 4.57 Å². The Kier molecular flexibility index (Phi) is 7.35. The molecule has 9 heteroatoms. The molecule has 3 rings (SSSR count). The second kappa shape index (κ2) is 10.2. The fourth-order valence-corrected chi connectivity index (χ4v) is 3.98. The first kappa shape index (κ1) is 24.5. The lowest BCUT2D eigenvalue weighted by molar-refractivity contribution is -0.147. The fourth-order valence-electron chi connectivity index (χ4n) is 3.98. The van der Waals surface area contributed by atoms with Gasteiger partial charge in [-0.2, -0.15) is 0 Å². The van der Waals surface area contributed by atoms with Gasteiger partial charge in [0.05, 0.1) is 39.9 Å². The Morgan fingerprint density at radius 2 is 1.47 bits per heavy atom. The van der Waals surface area contributed by atoms with E-state index in [1.165, 1.54) is 40.6 Å². The van der Waals surface area contributed by atoms with Gasteiger partial charge in [-0.15, -0.1) is 0 Å².